The van der Waals surface area contributed by atoms with Gasteiger partial charge in [-0.05, 0) is 0 Å². The minimum atomic E-state index is -3.21. The zero-order valence-corrected chi connectivity index (χ0v) is 9.38. The number of ether oxygens (including phenoxy) is 1. The summed E-state index contributed by atoms with van der Waals surface area (Å²) in [6.45, 7) is 0.551. The predicted molar refractivity (Wildman–Crippen MR) is 56.0 cm³/mol. The van der Waals surface area contributed by atoms with Gasteiger partial charge in [0.25, 0.3) is 0 Å². The van der Waals surface area contributed by atoms with Crippen LogP contribution in [0.2, 0.25) is 0 Å². The normalized spacial score (nSPS) is 11.8. The van der Waals surface area contributed by atoms with Crippen molar-refractivity contribution in [1.82, 2.24) is 14.7 Å². The minimum Gasteiger partial charge on any atom is -0.384 e. The van der Waals surface area contributed by atoms with Crippen LogP contribution in [0.25, 0.3) is 0 Å². The first-order valence-corrected chi connectivity index (χ1v) is 6.24. The van der Waals surface area contributed by atoms with E-state index in [2.05, 4.69) is 14.7 Å². The molecule has 6 nitrogen and oxygen atoms in total. The second-order valence-corrected chi connectivity index (χ2v) is 4.92. The number of aromatic amines is 1. The van der Waals surface area contributed by atoms with Crippen LogP contribution in [0.4, 0.5) is 0 Å². The first-order valence-electron chi connectivity index (χ1n) is 4.58. The Balaban J connectivity index is 2.24. The zero-order chi connectivity index (χ0) is 11.1. The van der Waals surface area contributed by atoms with E-state index in [0.717, 1.165) is 5.82 Å². The van der Waals surface area contributed by atoms with E-state index < -0.39 is 10.0 Å². The van der Waals surface area contributed by atoms with Crippen molar-refractivity contribution in [3.8, 4) is 0 Å². The third-order valence-corrected chi connectivity index (χ3v) is 3.14. The molecule has 1 aromatic rings. The van der Waals surface area contributed by atoms with Gasteiger partial charge in [0, 0.05) is 32.5 Å². The van der Waals surface area contributed by atoms with Gasteiger partial charge in [-0.2, -0.15) is 0 Å². The molecule has 1 aromatic heterocycles. The predicted octanol–water partition coefficient (Wildman–Crippen LogP) is -0.482. The molecule has 0 fully saturated rings. The van der Waals surface area contributed by atoms with Gasteiger partial charge in [-0.3, -0.25) is 0 Å². The average Bonchev–Trinajstić information content (AvgIpc) is 2.67. The molecule has 0 aliphatic rings. The first kappa shape index (κ1) is 12.2. The van der Waals surface area contributed by atoms with E-state index in [1.807, 2.05) is 0 Å². The van der Waals surface area contributed by atoms with Gasteiger partial charge in [0.1, 0.15) is 5.82 Å². The van der Waals surface area contributed by atoms with E-state index >= 15 is 0 Å². The van der Waals surface area contributed by atoms with Crippen molar-refractivity contribution >= 4 is 10.0 Å². The van der Waals surface area contributed by atoms with Crippen molar-refractivity contribution < 1.29 is 13.2 Å². The molecule has 2 N–H and O–H groups in total. The summed E-state index contributed by atoms with van der Waals surface area (Å²) in [6.07, 6.45) is 3.89. The van der Waals surface area contributed by atoms with Crippen molar-refractivity contribution in [3.63, 3.8) is 0 Å². The van der Waals surface area contributed by atoms with Crippen LogP contribution in [0.15, 0.2) is 12.4 Å². The summed E-state index contributed by atoms with van der Waals surface area (Å²) in [4.78, 5) is 6.88. The molecular formula is C8H15N3O3S. The van der Waals surface area contributed by atoms with Gasteiger partial charge in [0.2, 0.25) is 10.0 Å². The Morgan fingerprint density at radius 1 is 1.60 bits per heavy atom. The Morgan fingerprint density at radius 3 is 3.00 bits per heavy atom. The largest absolute Gasteiger partial charge is 0.384 e. The molecule has 0 bridgehead atoms. The minimum absolute atomic E-state index is 0.0122. The maximum absolute atomic E-state index is 11.3. The molecule has 0 aliphatic carbocycles. The van der Waals surface area contributed by atoms with Gasteiger partial charge in [-0.25, -0.2) is 18.1 Å². The topological polar surface area (TPSA) is 84.1 Å². The second-order valence-electron chi connectivity index (χ2n) is 2.99. The summed E-state index contributed by atoms with van der Waals surface area (Å²) >= 11 is 0. The van der Waals surface area contributed by atoms with Gasteiger partial charge < -0.3 is 9.72 Å². The lowest BCUT2D eigenvalue weighted by Crippen LogP contribution is -2.30. The van der Waals surface area contributed by atoms with Crippen LogP contribution < -0.4 is 4.72 Å². The molecule has 0 saturated carbocycles. The number of nitrogens with zero attached hydrogens (tertiary/aromatic N) is 1. The number of nitrogens with one attached hydrogen (secondary N) is 2. The second kappa shape index (κ2) is 5.84. The molecule has 0 aromatic carbocycles. The maximum Gasteiger partial charge on any atom is 0.213 e. The maximum atomic E-state index is 11.3. The lowest BCUT2D eigenvalue weighted by Gasteiger charge is -2.04. The van der Waals surface area contributed by atoms with Crippen molar-refractivity contribution in [2.24, 2.45) is 0 Å². The fraction of sp³-hybridized carbons (Fsp3) is 0.625. The van der Waals surface area contributed by atoms with Crippen molar-refractivity contribution in [1.29, 1.82) is 0 Å². The smallest absolute Gasteiger partial charge is 0.213 e. The zero-order valence-electron chi connectivity index (χ0n) is 8.56. The molecule has 86 valence electrons. The third-order valence-electron chi connectivity index (χ3n) is 1.79. The number of hydrogen-bond acceptors (Lipinski definition) is 4. The van der Waals surface area contributed by atoms with Crippen LogP contribution in [-0.2, 0) is 21.2 Å². The molecular weight excluding hydrogens is 218 g/mol. The van der Waals surface area contributed by atoms with Crippen molar-refractivity contribution in [3.05, 3.63) is 18.2 Å². The van der Waals surface area contributed by atoms with Crippen LogP contribution in [-0.4, -0.2) is 44.4 Å². The van der Waals surface area contributed by atoms with Crippen molar-refractivity contribution in [2.75, 3.05) is 26.0 Å². The summed E-state index contributed by atoms with van der Waals surface area (Å²) in [5.41, 5.74) is 0. The van der Waals surface area contributed by atoms with Crippen LogP contribution in [0.5, 0.6) is 0 Å². The standard InChI is InChI=1S/C8H15N3O3S/c1-14-6-7-15(12,13)11-3-2-8-9-4-5-10-8/h4-5,11H,2-3,6-7H2,1H3,(H,9,10). The Morgan fingerprint density at radius 2 is 2.40 bits per heavy atom. The number of rotatable bonds is 7. The monoisotopic (exact) mass is 233 g/mol. The van der Waals surface area contributed by atoms with E-state index in [-0.39, 0.29) is 12.4 Å². The van der Waals surface area contributed by atoms with E-state index in [4.69, 9.17) is 4.74 Å². The summed E-state index contributed by atoms with van der Waals surface area (Å²) in [6, 6.07) is 0. The Hall–Kier alpha value is -0.920. The summed E-state index contributed by atoms with van der Waals surface area (Å²) < 4.78 is 29.7. The summed E-state index contributed by atoms with van der Waals surface area (Å²) in [5.74, 6) is 0.756. The highest BCUT2D eigenvalue weighted by Crippen LogP contribution is 1.90. The van der Waals surface area contributed by atoms with E-state index in [1.54, 1.807) is 12.4 Å². The average molecular weight is 233 g/mol. The Kier molecular flexibility index (Phi) is 4.73. The van der Waals surface area contributed by atoms with E-state index in [0.29, 0.717) is 13.0 Å². The van der Waals surface area contributed by atoms with Crippen LogP contribution >= 0.6 is 0 Å². The fourth-order valence-electron chi connectivity index (χ4n) is 1.02. The molecule has 7 heteroatoms. The molecule has 0 spiro atoms. The molecule has 0 radical (unpaired) electrons. The number of H-pyrrole nitrogens is 1. The highest BCUT2D eigenvalue weighted by molar-refractivity contribution is 7.89. The van der Waals surface area contributed by atoms with Gasteiger partial charge >= 0.3 is 0 Å². The van der Waals surface area contributed by atoms with E-state index in [1.165, 1.54) is 7.11 Å². The molecule has 15 heavy (non-hydrogen) atoms. The Bertz CT molecular complexity index is 360. The Labute approximate surface area is 89.1 Å². The summed E-state index contributed by atoms with van der Waals surface area (Å²) in [5, 5.41) is 0. The number of imidazole rings is 1. The quantitative estimate of drug-likeness (QED) is 0.666. The van der Waals surface area contributed by atoms with Crippen LogP contribution in [0.1, 0.15) is 5.82 Å². The molecule has 0 amide bonds. The molecule has 1 rings (SSSR count). The fourth-order valence-corrected chi connectivity index (χ4v) is 1.97. The first-order chi connectivity index (χ1) is 7.14. The lowest BCUT2D eigenvalue weighted by molar-refractivity contribution is 0.217. The number of methoxy groups -OCH3 is 1. The highest BCUT2D eigenvalue weighted by atomic mass is 32.2. The van der Waals surface area contributed by atoms with Crippen LogP contribution in [0, 0.1) is 0 Å². The van der Waals surface area contributed by atoms with Crippen LogP contribution in [0.3, 0.4) is 0 Å². The highest BCUT2D eigenvalue weighted by Gasteiger charge is 2.08. The van der Waals surface area contributed by atoms with E-state index in [9.17, 15) is 8.42 Å². The molecule has 0 unspecified atom stereocenters. The van der Waals surface area contributed by atoms with Gasteiger partial charge in [-0.15, -0.1) is 0 Å². The molecule has 0 aliphatic heterocycles. The molecule has 0 atom stereocenters. The van der Waals surface area contributed by atoms with Crippen molar-refractivity contribution in [2.45, 2.75) is 6.42 Å². The summed E-state index contributed by atoms with van der Waals surface area (Å²) in [7, 11) is -1.74. The van der Waals surface area contributed by atoms with Gasteiger partial charge in [0.05, 0.1) is 12.4 Å². The SMILES string of the molecule is COCCS(=O)(=O)NCCc1ncc[nH]1. The molecule has 1 heterocycles. The van der Waals surface area contributed by atoms with Gasteiger partial charge in [-0.1, -0.05) is 0 Å². The third kappa shape index (κ3) is 4.91. The number of hydrogen-bond donors (Lipinski definition) is 2. The number of sulfonamides is 1. The van der Waals surface area contributed by atoms with Gasteiger partial charge in [0.15, 0.2) is 0 Å². The lowest BCUT2D eigenvalue weighted by atomic mass is 10.4. The molecule has 0 saturated heterocycles. The number of aromatic nitrogens is 2.